The molecule has 5 nitrogen and oxygen atoms in total. The van der Waals surface area contributed by atoms with E-state index in [1.54, 1.807) is 18.9 Å². The Bertz CT molecular complexity index is 509. The van der Waals surface area contributed by atoms with Crippen molar-refractivity contribution in [1.29, 1.82) is 0 Å². The molecule has 1 amide bonds. The van der Waals surface area contributed by atoms with Gasteiger partial charge in [0.05, 0.1) is 11.3 Å². The average molecular weight is 262 g/mol. The summed E-state index contributed by atoms with van der Waals surface area (Å²) in [5.41, 5.74) is 0.812. The van der Waals surface area contributed by atoms with Crippen molar-refractivity contribution in [2.75, 3.05) is 13.6 Å². The van der Waals surface area contributed by atoms with Crippen molar-refractivity contribution < 1.29 is 14.7 Å². The van der Waals surface area contributed by atoms with Crippen LogP contribution in [-0.4, -0.2) is 40.5 Å². The van der Waals surface area contributed by atoms with Gasteiger partial charge in [0.1, 0.15) is 5.69 Å². The number of carboxylic acid groups (broad SMARTS) is 1. The first-order valence-electron chi connectivity index (χ1n) is 6.45. The van der Waals surface area contributed by atoms with Crippen LogP contribution in [0.2, 0.25) is 0 Å². The summed E-state index contributed by atoms with van der Waals surface area (Å²) in [6.07, 6.45) is 3.58. The standard InChI is InChI=1S/C14H18N2O3/c1-9-11(14(18)19)5-6-12(15-9)13(17)16(2)8-7-10-3-4-10/h5-6,10H,3-4,7-8H2,1-2H3,(H,18,19). The highest BCUT2D eigenvalue weighted by Crippen LogP contribution is 2.32. The predicted molar refractivity (Wildman–Crippen MR) is 70.2 cm³/mol. The summed E-state index contributed by atoms with van der Waals surface area (Å²) in [7, 11) is 1.76. The minimum absolute atomic E-state index is 0.136. The third kappa shape index (κ3) is 3.30. The zero-order chi connectivity index (χ0) is 14.0. The van der Waals surface area contributed by atoms with E-state index in [1.807, 2.05) is 0 Å². The summed E-state index contributed by atoms with van der Waals surface area (Å²) in [4.78, 5) is 28.8. The molecule has 0 aliphatic heterocycles. The Morgan fingerprint density at radius 3 is 2.63 bits per heavy atom. The van der Waals surface area contributed by atoms with Crippen LogP contribution in [0.1, 0.15) is 45.8 Å². The van der Waals surface area contributed by atoms with Gasteiger partial charge in [0.25, 0.3) is 5.91 Å². The Balaban J connectivity index is 2.05. The molecule has 102 valence electrons. The van der Waals surface area contributed by atoms with Crippen LogP contribution in [-0.2, 0) is 0 Å². The number of carbonyl (C=O) groups is 2. The van der Waals surface area contributed by atoms with E-state index in [1.165, 1.54) is 25.0 Å². The highest BCUT2D eigenvalue weighted by molar-refractivity contribution is 5.94. The van der Waals surface area contributed by atoms with E-state index in [-0.39, 0.29) is 11.5 Å². The summed E-state index contributed by atoms with van der Waals surface area (Å²) in [5, 5.41) is 8.92. The lowest BCUT2D eigenvalue weighted by atomic mass is 10.1. The predicted octanol–water partition coefficient (Wildman–Crippen LogP) is 1.96. The molecule has 0 spiro atoms. The Kier molecular flexibility index (Phi) is 3.83. The average Bonchev–Trinajstić information content (AvgIpc) is 3.18. The van der Waals surface area contributed by atoms with Gasteiger partial charge in [-0.05, 0) is 31.4 Å². The summed E-state index contributed by atoms with van der Waals surface area (Å²) in [6.45, 7) is 2.33. The zero-order valence-corrected chi connectivity index (χ0v) is 11.2. The summed E-state index contributed by atoms with van der Waals surface area (Å²) in [5.74, 6) is -0.397. The third-order valence-corrected chi connectivity index (χ3v) is 3.45. The number of rotatable bonds is 5. The SMILES string of the molecule is Cc1nc(C(=O)N(C)CCC2CC2)ccc1C(=O)O. The smallest absolute Gasteiger partial charge is 0.337 e. The van der Waals surface area contributed by atoms with Gasteiger partial charge in [-0.3, -0.25) is 4.79 Å². The van der Waals surface area contributed by atoms with Crippen LogP contribution in [0.5, 0.6) is 0 Å². The van der Waals surface area contributed by atoms with E-state index in [0.29, 0.717) is 11.4 Å². The van der Waals surface area contributed by atoms with Gasteiger partial charge in [0.2, 0.25) is 0 Å². The number of carbonyl (C=O) groups excluding carboxylic acids is 1. The molecule has 0 aromatic carbocycles. The first-order chi connectivity index (χ1) is 8.99. The van der Waals surface area contributed by atoms with Crippen LogP contribution in [0.3, 0.4) is 0 Å². The van der Waals surface area contributed by atoms with E-state index in [4.69, 9.17) is 5.11 Å². The lowest BCUT2D eigenvalue weighted by Gasteiger charge is -2.16. The molecule has 1 aliphatic rings. The first-order valence-corrected chi connectivity index (χ1v) is 6.45. The number of carboxylic acids is 1. The second-order valence-electron chi connectivity index (χ2n) is 5.09. The van der Waals surface area contributed by atoms with Crippen LogP contribution in [0.15, 0.2) is 12.1 Å². The highest BCUT2D eigenvalue weighted by Gasteiger charge is 2.23. The number of aromatic nitrogens is 1. The van der Waals surface area contributed by atoms with E-state index in [9.17, 15) is 9.59 Å². The van der Waals surface area contributed by atoms with Crippen molar-refractivity contribution in [3.8, 4) is 0 Å². The fraction of sp³-hybridized carbons (Fsp3) is 0.500. The van der Waals surface area contributed by atoms with Gasteiger partial charge in [-0.1, -0.05) is 12.8 Å². The first kappa shape index (κ1) is 13.5. The number of aryl methyl sites for hydroxylation is 1. The fourth-order valence-corrected chi connectivity index (χ4v) is 1.99. The molecule has 1 aromatic rings. The van der Waals surface area contributed by atoms with Crippen LogP contribution in [0.4, 0.5) is 0 Å². The maximum absolute atomic E-state index is 12.1. The number of hydrogen-bond acceptors (Lipinski definition) is 3. The van der Waals surface area contributed by atoms with E-state index >= 15 is 0 Å². The van der Waals surface area contributed by atoms with Crippen molar-refractivity contribution in [3.63, 3.8) is 0 Å². The molecule has 1 saturated carbocycles. The maximum Gasteiger partial charge on any atom is 0.337 e. The summed E-state index contributed by atoms with van der Waals surface area (Å²) in [6, 6.07) is 2.92. The van der Waals surface area contributed by atoms with Gasteiger partial charge >= 0.3 is 5.97 Å². The summed E-state index contributed by atoms with van der Waals surface area (Å²) >= 11 is 0. The van der Waals surface area contributed by atoms with E-state index in [2.05, 4.69) is 4.98 Å². The number of nitrogens with zero attached hydrogens (tertiary/aromatic N) is 2. The lowest BCUT2D eigenvalue weighted by Crippen LogP contribution is -2.29. The number of amides is 1. The van der Waals surface area contributed by atoms with Gasteiger partial charge in [0.15, 0.2) is 0 Å². The fourth-order valence-electron chi connectivity index (χ4n) is 1.99. The Morgan fingerprint density at radius 2 is 2.11 bits per heavy atom. The molecule has 2 rings (SSSR count). The molecule has 1 N–H and O–H groups in total. The van der Waals surface area contributed by atoms with Gasteiger partial charge in [-0.25, -0.2) is 9.78 Å². The Hall–Kier alpha value is -1.91. The van der Waals surface area contributed by atoms with Crippen molar-refractivity contribution in [2.45, 2.75) is 26.2 Å². The van der Waals surface area contributed by atoms with Crippen molar-refractivity contribution in [1.82, 2.24) is 9.88 Å². The van der Waals surface area contributed by atoms with Crippen molar-refractivity contribution in [3.05, 3.63) is 29.1 Å². The monoisotopic (exact) mass is 262 g/mol. The Labute approximate surface area is 112 Å². The van der Waals surface area contributed by atoms with Gasteiger partial charge < -0.3 is 10.0 Å². The van der Waals surface area contributed by atoms with Crippen molar-refractivity contribution >= 4 is 11.9 Å². The molecule has 0 unspecified atom stereocenters. The van der Waals surface area contributed by atoms with Crippen LogP contribution in [0.25, 0.3) is 0 Å². The van der Waals surface area contributed by atoms with Gasteiger partial charge in [-0.15, -0.1) is 0 Å². The molecule has 0 atom stereocenters. The molecule has 1 heterocycles. The largest absolute Gasteiger partial charge is 0.478 e. The minimum Gasteiger partial charge on any atom is -0.478 e. The molecule has 19 heavy (non-hydrogen) atoms. The van der Waals surface area contributed by atoms with Crippen molar-refractivity contribution in [2.24, 2.45) is 5.92 Å². The molecule has 1 aromatic heterocycles. The van der Waals surface area contributed by atoms with E-state index < -0.39 is 5.97 Å². The normalized spacial score (nSPS) is 14.2. The van der Waals surface area contributed by atoms with Crippen LogP contribution >= 0.6 is 0 Å². The molecule has 5 heteroatoms. The maximum atomic E-state index is 12.1. The molecular weight excluding hydrogens is 244 g/mol. The number of pyridine rings is 1. The highest BCUT2D eigenvalue weighted by atomic mass is 16.4. The third-order valence-electron chi connectivity index (χ3n) is 3.45. The molecule has 0 bridgehead atoms. The van der Waals surface area contributed by atoms with Gasteiger partial charge in [0, 0.05) is 13.6 Å². The summed E-state index contributed by atoms with van der Waals surface area (Å²) < 4.78 is 0. The van der Waals surface area contributed by atoms with E-state index in [0.717, 1.165) is 18.9 Å². The second-order valence-corrected chi connectivity index (χ2v) is 5.09. The lowest BCUT2D eigenvalue weighted by molar-refractivity contribution is 0.0693. The quantitative estimate of drug-likeness (QED) is 0.880. The van der Waals surface area contributed by atoms with Crippen LogP contribution in [0, 0.1) is 12.8 Å². The van der Waals surface area contributed by atoms with Gasteiger partial charge in [-0.2, -0.15) is 0 Å². The minimum atomic E-state index is -1.02. The number of aromatic carboxylic acids is 1. The molecule has 0 saturated heterocycles. The topological polar surface area (TPSA) is 70.5 Å². The zero-order valence-electron chi connectivity index (χ0n) is 11.2. The Morgan fingerprint density at radius 1 is 1.42 bits per heavy atom. The molecule has 1 fully saturated rings. The molecular formula is C14H18N2O3. The second kappa shape index (κ2) is 5.38. The number of hydrogen-bond donors (Lipinski definition) is 1. The van der Waals surface area contributed by atoms with Crippen LogP contribution < -0.4 is 0 Å². The molecule has 1 aliphatic carbocycles. The molecule has 0 radical (unpaired) electrons.